The summed E-state index contributed by atoms with van der Waals surface area (Å²) in [7, 11) is 0. The molecular weight excluding hydrogens is 472 g/mol. The number of nitrogens with one attached hydrogen (secondary N) is 4. The van der Waals surface area contributed by atoms with Gasteiger partial charge in [0.15, 0.2) is 0 Å². The van der Waals surface area contributed by atoms with Gasteiger partial charge in [-0.3, -0.25) is 19.2 Å². The highest BCUT2D eigenvalue weighted by molar-refractivity contribution is 5.94. The van der Waals surface area contributed by atoms with Gasteiger partial charge in [-0.2, -0.15) is 0 Å². The molecule has 4 unspecified atom stereocenters. The molecule has 8 N–H and O–H groups in total. The van der Waals surface area contributed by atoms with E-state index in [4.69, 9.17) is 10.8 Å². The highest BCUT2D eigenvalue weighted by atomic mass is 16.4. The molecule has 1 aromatic heterocycles. The number of H-pyrrole nitrogens is 1. The van der Waals surface area contributed by atoms with E-state index >= 15 is 0 Å². The molecule has 4 atom stereocenters. The third kappa shape index (κ3) is 9.18. The molecule has 3 amide bonds. The van der Waals surface area contributed by atoms with E-state index < -0.39 is 60.2 Å². The summed E-state index contributed by atoms with van der Waals surface area (Å²) in [6.45, 7) is 1.33. The molecule has 36 heavy (non-hydrogen) atoms. The molecule has 2 aromatic rings. The number of nitrogens with zero attached hydrogens (tertiary/aromatic N) is 1. The van der Waals surface area contributed by atoms with Crippen LogP contribution in [0.25, 0.3) is 0 Å². The summed E-state index contributed by atoms with van der Waals surface area (Å²) in [6.07, 6.45) is 2.38. The van der Waals surface area contributed by atoms with Gasteiger partial charge >= 0.3 is 11.9 Å². The van der Waals surface area contributed by atoms with Crippen molar-refractivity contribution in [3.8, 4) is 0 Å². The quantitative estimate of drug-likeness (QED) is 0.167. The fraction of sp³-hybridized carbons (Fsp3) is 0.391. The average molecular weight is 503 g/mol. The number of benzene rings is 1. The lowest BCUT2D eigenvalue weighted by Gasteiger charge is -2.23. The molecule has 0 aliphatic heterocycles. The van der Waals surface area contributed by atoms with Crippen LogP contribution in [0.5, 0.6) is 0 Å². The van der Waals surface area contributed by atoms with Crippen LogP contribution in [0, 0.1) is 0 Å². The molecule has 0 bridgehead atoms. The van der Waals surface area contributed by atoms with Gasteiger partial charge in [0.25, 0.3) is 0 Å². The van der Waals surface area contributed by atoms with Crippen LogP contribution >= 0.6 is 0 Å². The molecule has 1 heterocycles. The Labute approximate surface area is 206 Å². The predicted molar refractivity (Wildman–Crippen MR) is 126 cm³/mol. The molecule has 13 nitrogen and oxygen atoms in total. The number of carboxylic acid groups (broad SMARTS) is 2. The monoisotopic (exact) mass is 502 g/mol. The molecule has 194 valence electrons. The number of aromatic nitrogens is 2. The van der Waals surface area contributed by atoms with Crippen molar-refractivity contribution >= 4 is 29.7 Å². The highest BCUT2D eigenvalue weighted by Crippen LogP contribution is 2.05. The zero-order valence-electron chi connectivity index (χ0n) is 19.6. The van der Waals surface area contributed by atoms with Gasteiger partial charge in [0, 0.05) is 24.7 Å². The molecule has 0 spiro atoms. The van der Waals surface area contributed by atoms with Gasteiger partial charge in [-0.1, -0.05) is 30.3 Å². The van der Waals surface area contributed by atoms with E-state index in [2.05, 4.69) is 25.9 Å². The maximum atomic E-state index is 13.0. The Morgan fingerprint density at radius 3 is 2.19 bits per heavy atom. The minimum Gasteiger partial charge on any atom is -0.481 e. The Kier molecular flexibility index (Phi) is 10.6. The van der Waals surface area contributed by atoms with E-state index in [0.29, 0.717) is 5.69 Å². The van der Waals surface area contributed by atoms with Gasteiger partial charge in [0.05, 0.1) is 12.4 Å². The molecule has 0 saturated heterocycles. The summed E-state index contributed by atoms with van der Waals surface area (Å²) < 4.78 is 0. The third-order valence-electron chi connectivity index (χ3n) is 5.26. The van der Waals surface area contributed by atoms with Crippen molar-refractivity contribution < 1.29 is 34.2 Å². The SMILES string of the molecule is CC(NC(=O)C(Cc1cnc[nH]1)NC(=O)C(N)Cc1ccccc1)C(=O)NC(CCC(=O)O)C(=O)O. The van der Waals surface area contributed by atoms with Gasteiger partial charge in [-0.05, 0) is 25.3 Å². The van der Waals surface area contributed by atoms with Gasteiger partial charge in [-0.15, -0.1) is 0 Å². The Balaban J connectivity index is 2.03. The second-order valence-corrected chi connectivity index (χ2v) is 8.20. The van der Waals surface area contributed by atoms with Crippen molar-refractivity contribution in [2.45, 2.75) is 56.8 Å². The number of aliphatic carboxylic acids is 2. The van der Waals surface area contributed by atoms with Crippen molar-refractivity contribution in [3.63, 3.8) is 0 Å². The molecule has 2 rings (SSSR count). The summed E-state index contributed by atoms with van der Waals surface area (Å²) >= 11 is 0. The number of carbonyl (C=O) groups is 5. The molecule has 13 heteroatoms. The number of carboxylic acids is 2. The first kappa shape index (κ1) is 28.0. The van der Waals surface area contributed by atoms with Gasteiger partial charge in [0.1, 0.15) is 18.1 Å². The Bertz CT molecular complexity index is 1040. The molecule has 0 aliphatic rings. The standard InChI is InChI=1S/C23H30N6O7/c1-13(20(32)28-17(23(35)36)7-8-19(30)31)27-22(34)18(10-15-11-25-12-26-15)29-21(33)16(24)9-14-5-3-2-4-6-14/h2-6,11-13,16-18H,7-10,24H2,1H3,(H,25,26)(H,27,34)(H,28,32)(H,29,33)(H,30,31)(H,35,36). The first-order valence-corrected chi connectivity index (χ1v) is 11.2. The molecule has 0 saturated carbocycles. The smallest absolute Gasteiger partial charge is 0.326 e. The summed E-state index contributed by atoms with van der Waals surface area (Å²) in [6, 6.07) is 4.45. The highest BCUT2D eigenvalue weighted by Gasteiger charge is 2.29. The van der Waals surface area contributed by atoms with Crippen LogP contribution in [0.1, 0.15) is 31.0 Å². The molecule has 0 fully saturated rings. The summed E-state index contributed by atoms with van der Waals surface area (Å²) in [4.78, 5) is 66.9. The Hall–Kier alpha value is -4.26. The first-order chi connectivity index (χ1) is 17.1. The number of hydrogen-bond acceptors (Lipinski definition) is 7. The average Bonchev–Trinajstić information content (AvgIpc) is 3.34. The topological polar surface area (TPSA) is 217 Å². The van der Waals surface area contributed by atoms with Crippen molar-refractivity contribution in [1.29, 1.82) is 0 Å². The maximum Gasteiger partial charge on any atom is 0.326 e. The van der Waals surface area contributed by atoms with Crippen molar-refractivity contribution in [2.75, 3.05) is 0 Å². The first-order valence-electron chi connectivity index (χ1n) is 11.2. The van der Waals surface area contributed by atoms with E-state index in [0.717, 1.165) is 5.56 Å². The van der Waals surface area contributed by atoms with E-state index in [9.17, 15) is 29.1 Å². The number of hydrogen-bond donors (Lipinski definition) is 7. The van der Waals surface area contributed by atoms with Crippen LogP contribution in [0.3, 0.4) is 0 Å². The van der Waals surface area contributed by atoms with Crippen LogP contribution in [-0.2, 0) is 36.8 Å². The van der Waals surface area contributed by atoms with Gasteiger partial charge in [-0.25, -0.2) is 9.78 Å². The maximum absolute atomic E-state index is 13.0. The number of nitrogens with two attached hydrogens (primary N) is 1. The van der Waals surface area contributed by atoms with E-state index in [1.165, 1.54) is 19.4 Å². The van der Waals surface area contributed by atoms with Crippen molar-refractivity contribution in [2.24, 2.45) is 5.73 Å². The number of amides is 3. The Morgan fingerprint density at radius 2 is 1.61 bits per heavy atom. The number of rotatable bonds is 14. The summed E-state index contributed by atoms with van der Waals surface area (Å²) in [5, 5.41) is 25.2. The lowest BCUT2D eigenvalue weighted by Crippen LogP contribution is -2.57. The zero-order valence-corrected chi connectivity index (χ0v) is 19.6. The van der Waals surface area contributed by atoms with Crippen LogP contribution in [0.4, 0.5) is 0 Å². The number of aromatic amines is 1. The van der Waals surface area contributed by atoms with Crippen molar-refractivity contribution in [1.82, 2.24) is 25.9 Å². The van der Waals surface area contributed by atoms with Crippen LogP contribution in [-0.4, -0.2) is 74.0 Å². The zero-order chi connectivity index (χ0) is 26.7. The van der Waals surface area contributed by atoms with Gasteiger partial charge in [0.2, 0.25) is 17.7 Å². The normalized spacial score (nSPS) is 14.1. The van der Waals surface area contributed by atoms with Crippen LogP contribution in [0.15, 0.2) is 42.9 Å². The molecule has 1 aromatic carbocycles. The predicted octanol–water partition coefficient (Wildman–Crippen LogP) is -1.05. The second kappa shape index (κ2) is 13.6. The molecule has 0 radical (unpaired) electrons. The number of carbonyl (C=O) groups excluding carboxylic acids is 3. The molecular formula is C23H30N6O7. The van der Waals surface area contributed by atoms with E-state index in [1.54, 1.807) is 0 Å². The third-order valence-corrected chi connectivity index (χ3v) is 5.26. The van der Waals surface area contributed by atoms with Crippen LogP contribution in [0.2, 0.25) is 0 Å². The van der Waals surface area contributed by atoms with E-state index in [1.807, 2.05) is 30.3 Å². The fourth-order valence-corrected chi connectivity index (χ4v) is 3.27. The molecule has 0 aliphatic carbocycles. The second-order valence-electron chi connectivity index (χ2n) is 8.20. The lowest BCUT2D eigenvalue weighted by molar-refractivity contribution is -0.143. The Morgan fingerprint density at radius 1 is 0.944 bits per heavy atom. The van der Waals surface area contributed by atoms with Crippen LogP contribution < -0.4 is 21.7 Å². The number of imidazole rings is 1. The summed E-state index contributed by atoms with van der Waals surface area (Å²) in [5.41, 5.74) is 7.42. The van der Waals surface area contributed by atoms with E-state index in [-0.39, 0.29) is 19.3 Å². The minimum absolute atomic E-state index is 0.0281. The minimum atomic E-state index is -1.44. The van der Waals surface area contributed by atoms with Crippen molar-refractivity contribution in [3.05, 3.63) is 54.1 Å². The largest absolute Gasteiger partial charge is 0.481 e. The summed E-state index contributed by atoms with van der Waals surface area (Å²) in [5.74, 6) is -4.71. The van der Waals surface area contributed by atoms with Gasteiger partial charge < -0.3 is 36.9 Å². The lowest BCUT2D eigenvalue weighted by atomic mass is 10.0. The fourth-order valence-electron chi connectivity index (χ4n) is 3.27.